The maximum Gasteiger partial charge on any atom is 0.226 e. The minimum absolute atomic E-state index is 0. The summed E-state index contributed by atoms with van der Waals surface area (Å²) in [6, 6.07) is -0.595. The van der Waals surface area contributed by atoms with Crippen LogP contribution < -0.4 is 5.32 Å². The lowest BCUT2D eigenvalue weighted by Crippen LogP contribution is -2.68. The zero-order valence-electron chi connectivity index (χ0n) is 35.8. The highest BCUT2D eigenvalue weighted by Crippen LogP contribution is 2.73. The molecule has 2 bridgehead atoms. The summed E-state index contributed by atoms with van der Waals surface area (Å²) < 4.78 is 36.9. The van der Waals surface area contributed by atoms with E-state index >= 15 is 0 Å². The topological polar surface area (TPSA) is 304 Å². The second-order valence-corrected chi connectivity index (χ2v) is 19.5. The third-order valence-corrected chi connectivity index (χ3v) is 16.0. The molecule has 3 saturated heterocycles. The Morgan fingerprint density at radius 3 is 1.79 bits per heavy atom. The maximum absolute atomic E-state index is 14.0. The van der Waals surface area contributed by atoms with E-state index in [4.69, 9.17) is 28.4 Å². The van der Waals surface area contributed by atoms with Gasteiger partial charge in [-0.3, -0.25) is 9.59 Å². The molecule has 1 amide bonds. The van der Waals surface area contributed by atoms with Crippen LogP contribution in [0.5, 0.6) is 0 Å². The van der Waals surface area contributed by atoms with Crippen molar-refractivity contribution in [1.82, 2.24) is 5.32 Å². The molecule has 0 aromatic heterocycles. The maximum atomic E-state index is 14.0. The first-order valence-corrected chi connectivity index (χ1v) is 21.7. The van der Waals surface area contributed by atoms with Crippen LogP contribution in [0.4, 0.5) is 0 Å². The number of ketones is 1. The van der Waals surface area contributed by atoms with Gasteiger partial charge < -0.3 is 84.8 Å². The normalized spacial score (nSPS) is 50.7. The van der Waals surface area contributed by atoms with Gasteiger partial charge in [-0.1, -0.05) is 26.8 Å². The molecule has 0 aromatic carbocycles. The van der Waals surface area contributed by atoms with Gasteiger partial charge >= 0.3 is 0 Å². The molecule has 0 unspecified atom stereocenters. The first-order valence-electron chi connectivity index (χ1n) is 21.7. The molecule has 19 nitrogen and oxygen atoms in total. The molecule has 356 valence electrons. The fourth-order valence-corrected chi connectivity index (χ4v) is 12.6. The Morgan fingerprint density at radius 2 is 1.24 bits per heavy atom. The van der Waals surface area contributed by atoms with Crippen molar-refractivity contribution < 1.29 is 89.1 Å². The smallest absolute Gasteiger partial charge is 0.226 e. The zero-order chi connectivity index (χ0) is 44.6. The van der Waals surface area contributed by atoms with Crippen molar-refractivity contribution in [2.45, 2.75) is 189 Å². The highest BCUT2D eigenvalue weighted by Gasteiger charge is 2.69. The molecule has 4 aliphatic carbocycles. The van der Waals surface area contributed by atoms with Crippen LogP contribution in [-0.2, 0) is 38.0 Å². The van der Waals surface area contributed by atoms with E-state index in [1.54, 1.807) is 6.92 Å². The van der Waals surface area contributed by atoms with E-state index in [-0.39, 0.29) is 47.9 Å². The van der Waals surface area contributed by atoms with Crippen LogP contribution in [-0.4, -0.2) is 186 Å². The van der Waals surface area contributed by atoms with Gasteiger partial charge in [-0.2, -0.15) is 13.5 Å². The zero-order valence-corrected chi connectivity index (χ0v) is 36.8. The second-order valence-electron chi connectivity index (χ2n) is 19.5. The lowest BCUT2D eigenvalue weighted by atomic mass is 9.40. The molecule has 62 heavy (non-hydrogen) atoms. The van der Waals surface area contributed by atoms with Gasteiger partial charge in [0.1, 0.15) is 73.2 Å². The molecular weight excluding hydrogens is 839 g/mol. The van der Waals surface area contributed by atoms with Gasteiger partial charge in [0.25, 0.3) is 0 Å². The highest BCUT2D eigenvalue weighted by atomic mass is 32.1. The summed E-state index contributed by atoms with van der Waals surface area (Å²) >= 11 is 0. The second kappa shape index (κ2) is 18.7. The Hall–Kier alpha value is -1.41. The number of carbonyl (C=O) groups is 2. The van der Waals surface area contributed by atoms with Crippen molar-refractivity contribution in [3.63, 3.8) is 0 Å². The van der Waals surface area contributed by atoms with Crippen LogP contribution in [0, 0.1) is 28.1 Å². The quantitative estimate of drug-likeness (QED) is 0.0728. The van der Waals surface area contributed by atoms with Crippen molar-refractivity contribution in [3.05, 3.63) is 12.2 Å². The molecular formula is C42H69NO18S. The van der Waals surface area contributed by atoms with Gasteiger partial charge in [-0.15, -0.1) is 0 Å². The minimum atomic E-state index is -1.92. The average Bonchev–Trinajstić information content (AvgIpc) is 3.42. The number of fused-ring (bicyclic) bond motifs is 3. The predicted molar refractivity (Wildman–Crippen MR) is 218 cm³/mol. The Balaban J connectivity index is 0.00000641. The highest BCUT2D eigenvalue weighted by molar-refractivity contribution is 7.59. The van der Waals surface area contributed by atoms with Crippen molar-refractivity contribution >= 4 is 25.2 Å². The Kier molecular flexibility index (Phi) is 15.1. The van der Waals surface area contributed by atoms with E-state index in [2.05, 4.69) is 18.8 Å². The number of rotatable bonds is 12. The largest absolute Gasteiger partial charge is 0.394 e. The Morgan fingerprint density at radius 1 is 0.726 bits per heavy atom. The van der Waals surface area contributed by atoms with Gasteiger partial charge in [0, 0.05) is 5.41 Å². The number of ether oxygens (including phenoxy) is 6. The standard InChI is InChI=1S/C42H67NO18.H2S/c1-18-13-41-11-7-24-39(4,9-6-10-40(24,5)38(55)43-19(2)20(3)47)25(41)8-12-42(18,17-41)61-37-34(60-36-32(54)30(52)27(49)22(15-45)57-36)33(28(50)23(16-46)58-37)59-35-31(53)29(51)26(48)21(14-44)56-35;/h19,21-37,44-46,48-54H,1,6-17H2,2-5H3,(H,43,55);1H2/t19-,21+,22+,23+,24-,25-,26+,27+,28+,29-,30-,31+,32+,33-,34+,35-,36-,37-,39+,40+,41+,42-;/m0./s1. The third kappa shape index (κ3) is 8.35. The van der Waals surface area contributed by atoms with Gasteiger partial charge in [0.2, 0.25) is 5.91 Å². The van der Waals surface area contributed by atoms with Crippen LogP contribution in [0.15, 0.2) is 12.2 Å². The summed E-state index contributed by atoms with van der Waals surface area (Å²) in [5.41, 5.74) is -1.47. The molecule has 0 aromatic rings. The number of aliphatic hydroxyl groups excluding tert-OH is 10. The van der Waals surface area contributed by atoms with Crippen molar-refractivity contribution in [3.8, 4) is 0 Å². The molecule has 4 saturated carbocycles. The SMILES string of the molecule is C=C1C[C@@]23CC[C@H]4[C@@](C)(CCC[C@@]4(C)C(=O)N[C@@H](C)C(C)=O)[C@@H]2CC[C@]1(O[C@@H]1O[C@H](CO)[C@@H](O)[C@H](O[C@@H]2O[C@H](CO)[C@@H](O)[C@H](O)[C@H]2O)[C@H]1O[C@@H]1O[C@H](CO)[C@@H](O)[C@H](O)[C@H]1O)C3.S. The summed E-state index contributed by atoms with van der Waals surface area (Å²) in [5.74, 6) is 0.0130. The first kappa shape index (κ1) is 50.0. The van der Waals surface area contributed by atoms with E-state index in [0.717, 1.165) is 31.3 Å². The summed E-state index contributed by atoms with van der Waals surface area (Å²) in [4.78, 5) is 26.1. The van der Waals surface area contributed by atoms with Crippen molar-refractivity contribution in [1.29, 1.82) is 0 Å². The van der Waals surface area contributed by atoms with Crippen LogP contribution >= 0.6 is 13.5 Å². The molecule has 7 aliphatic rings. The predicted octanol–water partition coefficient (Wildman–Crippen LogP) is -2.25. The van der Waals surface area contributed by atoms with E-state index in [1.807, 2.05) is 6.92 Å². The summed E-state index contributed by atoms with van der Waals surface area (Å²) in [6.45, 7) is 9.69. The van der Waals surface area contributed by atoms with Gasteiger partial charge in [-0.25, -0.2) is 0 Å². The van der Waals surface area contributed by atoms with Gasteiger partial charge in [-0.05, 0) is 93.5 Å². The number of aliphatic hydroxyl groups is 10. The number of amides is 1. The number of hydrogen-bond acceptors (Lipinski definition) is 18. The summed E-state index contributed by atoms with van der Waals surface area (Å²) in [5, 5.41) is 109. The van der Waals surface area contributed by atoms with E-state index in [9.17, 15) is 60.7 Å². The molecule has 3 heterocycles. The molecule has 0 radical (unpaired) electrons. The van der Waals surface area contributed by atoms with Crippen molar-refractivity contribution in [2.75, 3.05) is 19.8 Å². The van der Waals surface area contributed by atoms with E-state index in [0.29, 0.717) is 32.1 Å². The number of nitrogens with one attached hydrogen (secondary N) is 1. The van der Waals surface area contributed by atoms with Crippen LogP contribution in [0.3, 0.4) is 0 Å². The van der Waals surface area contributed by atoms with E-state index < -0.39 is 129 Å². The van der Waals surface area contributed by atoms with Crippen molar-refractivity contribution in [2.24, 2.45) is 28.1 Å². The molecule has 7 fully saturated rings. The van der Waals surface area contributed by atoms with Gasteiger partial charge in [0.05, 0.1) is 31.5 Å². The molecule has 1 spiro atoms. The number of carbonyl (C=O) groups excluding carboxylic acids is 2. The summed E-state index contributed by atoms with van der Waals surface area (Å²) in [6.07, 6.45) is -19.2. The Bertz CT molecular complexity index is 1630. The fraction of sp³-hybridized carbons (Fsp3) is 0.905. The van der Waals surface area contributed by atoms with Gasteiger partial charge in [0.15, 0.2) is 24.7 Å². The third-order valence-electron chi connectivity index (χ3n) is 16.0. The summed E-state index contributed by atoms with van der Waals surface area (Å²) in [7, 11) is 0. The lowest BCUT2D eigenvalue weighted by molar-refractivity contribution is -0.400. The minimum Gasteiger partial charge on any atom is -0.394 e. The number of Topliss-reactive ketones (excluding diaryl/α,β-unsaturated/α-hetero) is 1. The van der Waals surface area contributed by atoms with Crippen LogP contribution in [0.1, 0.15) is 85.5 Å². The molecule has 7 rings (SSSR count). The molecule has 20 heteroatoms. The monoisotopic (exact) mass is 907 g/mol. The number of hydrogen-bond donors (Lipinski definition) is 11. The van der Waals surface area contributed by atoms with E-state index in [1.165, 1.54) is 6.92 Å². The molecule has 3 aliphatic heterocycles. The Labute approximate surface area is 368 Å². The molecule has 22 atom stereocenters. The first-order chi connectivity index (χ1) is 28.7. The average molecular weight is 908 g/mol. The van der Waals surface area contributed by atoms with Crippen LogP contribution in [0.2, 0.25) is 0 Å². The lowest BCUT2D eigenvalue weighted by Gasteiger charge is -2.64. The fourth-order valence-electron chi connectivity index (χ4n) is 12.6. The van der Waals surface area contributed by atoms with Crippen LogP contribution in [0.25, 0.3) is 0 Å². The molecule has 11 N–H and O–H groups in total.